The van der Waals surface area contributed by atoms with Gasteiger partial charge in [0.1, 0.15) is 5.76 Å². The lowest BCUT2D eigenvalue weighted by Crippen LogP contribution is -2.43. The highest BCUT2D eigenvalue weighted by atomic mass is 32.1. The first-order valence-electron chi connectivity index (χ1n) is 9.01. The molecule has 6 heteroatoms. The van der Waals surface area contributed by atoms with Gasteiger partial charge in [-0.15, -0.1) is 11.3 Å². The van der Waals surface area contributed by atoms with Gasteiger partial charge in [0.2, 0.25) is 0 Å². The van der Waals surface area contributed by atoms with Crippen LogP contribution in [0.5, 0.6) is 0 Å². The Balaban J connectivity index is 1.82. The van der Waals surface area contributed by atoms with E-state index in [0.717, 1.165) is 49.8 Å². The Labute approximate surface area is 154 Å². The zero-order chi connectivity index (χ0) is 18.2. The van der Waals surface area contributed by atoms with Crippen LogP contribution in [0, 0.1) is 20.8 Å². The maximum Gasteiger partial charge on any atom is 0.191 e. The molecule has 0 bridgehead atoms. The van der Waals surface area contributed by atoms with Crippen molar-refractivity contribution in [2.24, 2.45) is 4.99 Å². The highest BCUT2D eigenvalue weighted by Gasteiger charge is 2.09. The maximum absolute atomic E-state index is 5.21. The number of guanidine groups is 1. The van der Waals surface area contributed by atoms with Crippen LogP contribution in [0.1, 0.15) is 47.0 Å². The smallest absolute Gasteiger partial charge is 0.191 e. The number of nitrogens with zero attached hydrogens (tertiary/aromatic N) is 2. The van der Waals surface area contributed by atoms with Crippen molar-refractivity contribution in [1.82, 2.24) is 15.8 Å². The fourth-order valence-electron chi connectivity index (χ4n) is 2.81. The summed E-state index contributed by atoms with van der Waals surface area (Å²) < 4.78 is 5.21. The van der Waals surface area contributed by atoms with Crippen LogP contribution in [0.4, 0.5) is 0 Å². The molecule has 5 nitrogen and oxygen atoms in total. The summed E-state index contributed by atoms with van der Waals surface area (Å²) >= 11 is 1.86. The van der Waals surface area contributed by atoms with Crippen LogP contribution in [0.15, 0.2) is 21.6 Å². The molecule has 1 unspecified atom stereocenters. The van der Waals surface area contributed by atoms with Crippen LogP contribution in [-0.4, -0.2) is 30.2 Å². The zero-order valence-electron chi connectivity index (χ0n) is 16.0. The SMILES string of the molecule is CCNC(=NCCCc1c(C)noc1C)NC(C)Cc1ccc(C)s1. The monoisotopic (exact) mass is 362 g/mol. The molecule has 0 radical (unpaired) electrons. The number of thiophene rings is 1. The molecule has 0 aromatic carbocycles. The summed E-state index contributed by atoms with van der Waals surface area (Å²) in [5.74, 6) is 1.81. The molecular weight excluding hydrogens is 332 g/mol. The van der Waals surface area contributed by atoms with Crippen LogP contribution in [-0.2, 0) is 12.8 Å². The minimum Gasteiger partial charge on any atom is -0.361 e. The molecule has 138 valence electrons. The van der Waals surface area contributed by atoms with E-state index in [9.17, 15) is 0 Å². The van der Waals surface area contributed by atoms with Crippen molar-refractivity contribution >= 4 is 17.3 Å². The van der Waals surface area contributed by atoms with Gasteiger partial charge in [-0.1, -0.05) is 5.16 Å². The van der Waals surface area contributed by atoms with Crippen molar-refractivity contribution in [2.45, 2.75) is 59.9 Å². The van der Waals surface area contributed by atoms with E-state index in [-0.39, 0.29) is 0 Å². The highest BCUT2D eigenvalue weighted by Crippen LogP contribution is 2.17. The fourth-order valence-corrected chi connectivity index (χ4v) is 3.83. The van der Waals surface area contributed by atoms with Gasteiger partial charge in [-0.05, 0) is 59.6 Å². The van der Waals surface area contributed by atoms with Crippen molar-refractivity contribution in [3.8, 4) is 0 Å². The molecule has 0 saturated carbocycles. The third-order valence-corrected chi connectivity index (χ3v) is 5.09. The second-order valence-corrected chi connectivity index (χ2v) is 7.80. The van der Waals surface area contributed by atoms with Crippen LogP contribution < -0.4 is 10.6 Å². The molecule has 0 spiro atoms. The van der Waals surface area contributed by atoms with Crippen LogP contribution >= 0.6 is 11.3 Å². The highest BCUT2D eigenvalue weighted by molar-refractivity contribution is 7.11. The molecule has 25 heavy (non-hydrogen) atoms. The number of nitrogens with one attached hydrogen (secondary N) is 2. The lowest BCUT2D eigenvalue weighted by atomic mass is 10.1. The van der Waals surface area contributed by atoms with Gasteiger partial charge in [-0.25, -0.2) is 0 Å². The molecule has 2 rings (SSSR count). The third kappa shape index (κ3) is 6.20. The molecule has 2 aromatic rings. The second-order valence-electron chi connectivity index (χ2n) is 6.43. The van der Waals surface area contributed by atoms with Crippen molar-refractivity contribution in [3.05, 3.63) is 38.9 Å². The van der Waals surface area contributed by atoms with E-state index >= 15 is 0 Å². The predicted octanol–water partition coefficient (Wildman–Crippen LogP) is 3.78. The molecule has 2 heterocycles. The van der Waals surface area contributed by atoms with Gasteiger partial charge in [-0.2, -0.15) is 0 Å². The molecule has 1 atom stereocenters. The van der Waals surface area contributed by atoms with E-state index in [1.807, 2.05) is 25.2 Å². The lowest BCUT2D eigenvalue weighted by molar-refractivity contribution is 0.392. The topological polar surface area (TPSA) is 62.5 Å². The Morgan fingerprint density at radius 3 is 2.72 bits per heavy atom. The first-order valence-corrected chi connectivity index (χ1v) is 9.83. The van der Waals surface area contributed by atoms with Crippen LogP contribution in [0.3, 0.4) is 0 Å². The number of hydrogen-bond donors (Lipinski definition) is 2. The third-order valence-electron chi connectivity index (χ3n) is 4.07. The summed E-state index contributed by atoms with van der Waals surface area (Å²) in [6, 6.07) is 4.74. The molecule has 2 aromatic heterocycles. The summed E-state index contributed by atoms with van der Waals surface area (Å²) in [6.07, 6.45) is 2.95. The van der Waals surface area contributed by atoms with Crippen LogP contribution in [0.25, 0.3) is 0 Å². The van der Waals surface area contributed by atoms with E-state index in [1.54, 1.807) is 0 Å². The summed E-state index contributed by atoms with van der Waals surface area (Å²) in [6.45, 7) is 12.1. The van der Waals surface area contributed by atoms with E-state index in [1.165, 1.54) is 15.3 Å². The number of rotatable bonds is 8. The Morgan fingerprint density at radius 1 is 1.32 bits per heavy atom. The largest absolute Gasteiger partial charge is 0.361 e. The van der Waals surface area contributed by atoms with Gasteiger partial charge >= 0.3 is 0 Å². The number of aliphatic imine (C=N–C) groups is 1. The predicted molar refractivity (Wildman–Crippen MR) is 106 cm³/mol. The van der Waals surface area contributed by atoms with E-state index in [2.05, 4.69) is 48.7 Å². The maximum atomic E-state index is 5.21. The minimum atomic E-state index is 0.346. The van der Waals surface area contributed by atoms with Crippen LogP contribution in [0.2, 0.25) is 0 Å². The number of aromatic nitrogens is 1. The molecule has 0 amide bonds. The van der Waals surface area contributed by atoms with Gasteiger partial charge in [0, 0.05) is 40.9 Å². The lowest BCUT2D eigenvalue weighted by Gasteiger charge is -2.17. The van der Waals surface area contributed by atoms with Gasteiger partial charge in [0.25, 0.3) is 0 Å². The molecule has 0 aliphatic heterocycles. The molecule has 0 aliphatic carbocycles. The average molecular weight is 363 g/mol. The molecule has 0 fully saturated rings. The zero-order valence-corrected chi connectivity index (χ0v) is 16.8. The summed E-state index contributed by atoms with van der Waals surface area (Å²) in [4.78, 5) is 7.48. The summed E-state index contributed by atoms with van der Waals surface area (Å²) in [5.41, 5.74) is 2.21. The molecule has 2 N–H and O–H groups in total. The summed E-state index contributed by atoms with van der Waals surface area (Å²) in [5, 5.41) is 10.8. The Kier molecular flexibility index (Phi) is 7.50. The van der Waals surface area contributed by atoms with Crippen molar-refractivity contribution < 1.29 is 4.52 Å². The second kappa shape index (κ2) is 9.61. The number of hydrogen-bond acceptors (Lipinski definition) is 4. The molecule has 0 aliphatic rings. The average Bonchev–Trinajstić information content (AvgIpc) is 3.10. The van der Waals surface area contributed by atoms with E-state index in [0.29, 0.717) is 6.04 Å². The first-order chi connectivity index (χ1) is 12.0. The first kappa shape index (κ1) is 19.5. The normalized spacial score (nSPS) is 13.1. The Morgan fingerprint density at radius 2 is 2.12 bits per heavy atom. The van der Waals surface area contributed by atoms with Gasteiger partial charge in [0.15, 0.2) is 5.96 Å². The van der Waals surface area contributed by atoms with E-state index in [4.69, 9.17) is 9.52 Å². The van der Waals surface area contributed by atoms with Gasteiger partial charge in [0.05, 0.1) is 5.69 Å². The molecule has 0 saturated heterocycles. The van der Waals surface area contributed by atoms with Gasteiger partial charge in [-0.3, -0.25) is 4.99 Å². The standard InChI is InChI=1S/C19H30N4OS/c1-6-20-19(22-13(2)12-17-10-9-14(3)25-17)21-11-7-8-18-15(4)23-24-16(18)5/h9-10,13H,6-8,11-12H2,1-5H3,(H2,20,21,22). The fraction of sp³-hybridized carbons (Fsp3) is 0.579. The van der Waals surface area contributed by atoms with Crippen molar-refractivity contribution in [1.29, 1.82) is 0 Å². The van der Waals surface area contributed by atoms with Crippen molar-refractivity contribution in [2.75, 3.05) is 13.1 Å². The molecular formula is C19H30N4OS. The summed E-state index contributed by atoms with van der Waals surface area (Å²) in [7, 11) is 0. The Hall–Kier alpha value is -1.82. The van der Waals surface area contributed by atoms with Gasteiger partial charge < -0.3 is 15.2 Å². The van der Waals surface area contributed by atoms with E-state index < -0.39 is 0 Å². The Bertz CT molecular complexity index is 670. The van der Waals surface area contributed by atoms with Crippen molar-refractivity contribution in [3.63, 3.8) is 0 Å². The quantitative estimate of drug-likeness (QED) is 0.426. The minimum absolute atomic E-state index is 0.346. The number of aryl methyl sites for hydroxylation is 3.